The summed E-state index contributed by atoms with van der Waals surface area (Å²) in [5, 5.41) is 0. The number of ether oxygens (including phenoxy) is 2. The number of carbonyl (C=O) groups excluding carboxylic acids is 1. The number of hydrogen-bond acceptors (Lipinski definition) is 3. The Morgan fingerprint density at radius 2 is 1.27 bits per heavy atom. The molecule has 0 N–H and O–H groups in total. The molecule has 0 spiro atoms. The first-order chi connectivity index (χ1) is 15.6. The summed E-state index contributed by atoms with van der Waals surface area (Å²) in [6, 6.07) is 0. The van der Waals surface area contributed by atoms with Crippen LogP contribution < -0.4 is 0 Å². The van der Waals surface area contributed by atoms with Gasteiger partial charge in [-0.1, -0.05) is 13.3 Å². The van der Waals surface area contributed by atoms with E-state index >= 15 is 0 Å². The van der Waals surface area contributed by atoms with Gasteiger partial charge in [-0.3, -0.25) is 4.79 Å². The molecule has 3 rings (SSSR count). The summed E-state index contributed by atoms with van der Waals surface area (Å²) in [5.41, 5.74) is 0. The molecule has 3 aliphatic rings. The molecule has 0 aromatic heterocycles. The number of alkyl halides is 5. The van der Waals surface area contributed by atoms with Crippen molar-refractivity contribution in [2.24, 2.45) is 23.7 Å². The van der Waals surface area contributed by atoms with E-state index in [0.717, 1.165) is 70.8 Å². The maximum Gasteiger partial charge on any atom is 0.453 e. The molecule has 8 heteroatoms. The molecule has 3 fully saturated rings. The molecule has 0 aliphatic heterocycles. The minimum absolute atomic E-state index is 0.0353. The Morgan fingerprint density at radius 3 is 1.79 bits per heavy atom. The van der Waals surface area contributed by atoms with Crippen LogP contribution in [0.2, 0.25) is 0 Å². The third-order valence-corrected chi connectivity index (χ3v) is 8.19. The van der Waals surface area contributed by atoms with E-state index in [0.29, 0.717) is 18.8 Å². The van der Waals surface area contributed by atoms with Crippen molar-refractivity contribution in [3.8, 4) is 0 Å². The van der Waals surface area contributed by atoms with E-state index in [9.17, 15) is 26.7 Å². The van der Waals surface area contributed by atoms with Gasteiger partial charge in [0.2, 0.25) is 0 Å². The third-order valence-electron chi connectivity index (χ3n) is 8.19. The number of halogens is 5. The molecule has 0 saturated heterocycles. The van der Waals surface area contributed by atoms with Crippen molar-refractivity contribution in [1.29, 1.82) is 0 Å². The number of hydrogen-bond donors (Lipinski definition) is 0. The zero-order valence-corrected chi connectivity index (χ0v) is 19.7. The van der Waals surface area contributed by atoms with Crippen LogP contribution in [0.25, 0.3) is 0 Å². The predicted molar refractivity (Wildman–Crippen MR) is 115 cm³/mol. The first kappa shape index (κ1) is 26.7. The zero-order chi connectivity index (χ0) is 24.1. The fourth-order valence-electron chi connectivity index (χ4n) is 5.98. The van der Waals surface area contributed by atoms with Gasteiger partial charge in [0, 0.05) is 12.5 Å². The highest BCUT2D eigenvalue weighted by Crippen LogP contribution is 2.50. The zero-order valence-electron chi connectivity index (χ0n) is 19.7. The fraction of sp³-hybridized carbons (Fsp3) is 0.960. The van der Waals surface area contributed by atoms with Crippen molar-refractivity contribution in [2.75, 3.05) is 6.61 Å². The summed E-state index contributed by atoms with van der Waals surface area (Å²) in [6.45, 7) is 2.93. The van der Waals surface area contributed by atoms with Crippen LogP contribution in [0, 0.1) is 23.7 Å². The molecule has 0 atom stereocenters. The number of carbonyl (C=O) groups is 1. The SMILES string of the molecule is CCCCOC1CCC(OC(=O)C2CCC(C3CCC(C(F)(F)C(F)(F)F)CC3)CC2)CC1. The average molecular weight is 483 g/mol. The predicted octanol–water partition coefficient (Wildman–Crippen LogP) is 7.47. The van der Waals surface area contributed by atoms with Crippen molar-refractivity contribution in [2.45, 2.75) is 121 Å². The van der Waals surface area contributed by atoms with Gasteiger partial charge in [-0.2, -0.15) is 22.0 Å². The van der Waals surface area contributed by atoms with E-state index in [4.69, 9.17) is 9.47 Å². The van der Waals surface area contributed by atoms with Gasteiger partial charge in [0.1, 0.15) is 6.10 Å². The van der Waals surface area contributed by atoms with E-state index in [1.54, 1.807) is 0 Å². The van der Waals surface area contributed by atoms with E-state index < -0.39 is 18.0 Å². The van der Waals surface area contributed by atoms with Crippen LogP contribution in [0.15, 0.2) is 0 Å². The normalized spacial score (nSPS) is 34.1. The molecule has 3 nitrogen and oxygen atoms in total. The Bertz CT molecular complexity index is 600. The average Bonchev–Trinajstić information content (AvgIpc) is 2.80. The Hall–Kier alpha value is -0.920. The summed E-state index contributed by atoms with van der Waals surface area (Å²) in [6.07, 6.45) is 4.23. The number of rotatable bonds is 8. The van der Waals surface area contributed by atoms with Crippen LogP contribution in [0.4, 0.5) is 22.0 Å². The Morgan fingerprint density at radius 1 is 0.758 bits per heavy atom. The van der Waals surface area contributed by atoms with Crippen LogP contribution in [0.5, 0.6) is 0 Å². The first-order valence-corrected chi connectivity index (χ1v) is 12.9. The van der Waals surface area contributed by atoms with E-state index in [2.05, 4.69) is 6.92 Å². The smallest absolute Gasteiger partial charge is 0.453 e. The summed E-state index contributed by atoms with van der Waals surface area (Å²) >= 11 is 0. The molecule has 3 aliphatic carbocycles. The van der Waals surface area contributed by atoms with E-state index in [1.165, 1.54) is 0 Å². The lowest BCUT2D eigenvalue weighted by Crippen LogP contribution is -2.45. The van der Waals surface area contributed by atoms with Crippen molar-refractivity contribution < 1.29 is 36.2 Å². The minimum Gasteiger partial charge on any atom is -0.462 e. The lowest BCUT2D eigenvalue weighted by Gasteiger charge is -2.39. The fourth-order valence-corrected chi connectivity index (χ4v) is 5.98. The Kier molecular flexibility index (Phi) is 9.44. The summed E-state index contributed by atoms with van der Waals surface area (Å²) in [7, 11) is 0. The van der Waals surface area contributed by atoms with Crippen molar-refractivity contribution in [3.05, 3.63) is 0 Å². The van der Waals surface area contributed by atoms with Crippen LogP contribution in [-0.4, -0.2) is 36.9 Å². The van der Waals surface area contributed by atoms with Crippen LogP contribution in [0.1, 0.15) is 96.8 Å². The number of esters is 1. The highest BCUT2D eigenvalue weighted by Gasteiger charge is 2.62. The standard InChI is InChI=1S/C25H39F5O3/c1-2-3-16-32-21-12-14-22(15-13-21)33-23(31)19-6-4-17(5-7-19)18-8-10-20(11-9-18)24(26,27)25(28,29)30/h17-22H,2-16H2,1H3. The molecule has 33 heavy (non-hydrogen) atoms. The molecule has 3 saturated carbocycles. The van der Waals surface area contributed by atoms with Gasteiger partial charge < -0.3 is 9.47 Å². The van der Waals surface area contributed by atoms with E-state index in [1.807, 2.05) is 0 Å². The van der Waals surface area contributed by atoms with Gasteiger partial charge >= 0.3 is 18.1 Å². The monoisotopic (exact) mass is 482 g/mol. The van der Waals surface area contributed by atoms with Gasteiger partial charge in [-0.05, 0) is 95.3 Å². The molecule has 0 amide bonds. The lowest BCUT2D eigenvalue weighted by atomic mass is 9.68. The largest absolute Gasteiger partial charge is 0.462 e. The van der Waals surface area contributed by atoms with Gasteiger partial charge in [0.25, 0.3) is 0 Å². The van der Waals surface area contributed by atoms with Crippen LogP contribution in [-0.2, 0) is 14.3 Å². The molecule has 0 aromatic carbocycles. The van der Waals surface area contributed by atoms with Gasteiger partial charge in [0.15, 0.2) is 0 Å². The maximum atomic E-state index is 13.6. The highest BCUT2D eigenvalue weighted by molar-refractivity contribution is 5.72. The summed E-state index contributed by atoms with van der Waals surface area (Å²) in [5.74, 6) is -5.95. The topological polar surface area (TPSA) is 35.5 Å². The van der Waals surface area contributed by atoms with Gasteiger partial charge in [-0.25, -0.2) is 0 Å². The molecule has 0 unspecified atom stereocenters. The molecule has 192 valence electrons. The lowest BCUT2D eigenvalue weighted by molar-refractivity contribution is -0.306. The third kappa shape index (κ3) is 7.04. The second-order valence-corrected chi connectivity index (χ2v) is 10.4. The highest BCUT2D eigenvalue weighted by atomic mass is 19.4. The van der Waals surface area contributed by atoms with Gasteiger partial charge in [0.05, 0.1) is 12.0 Å². The van der Waals surface area contributed by atoms with Crippen molar-refractivity contribution in [1.82, 2.24) is 0 Å². The first-order valence-electron chi connectivity index (χ1n) is 12.9. The molecule has 0 heterocycles. The molecule has 0 radical (unpaired) electrons. The second-order valence-electron chi connectivity index (χ2n) is 10.4. The Labute approximate surface area is 194 Å². The summed E-state index contributed by atoms with van der Waals surface area (Å²) in [4.78, 5) is 12.6. The van der Waals surface area contributed by atoms with E-state index in [-0.39, 0.29) is 42.9 Å². The molecular weight excluding hydrogens is 443 g/mol. The van der Waals surface area contributed by atoms with Crippen LogP contribution in [0.3, 0.4) is 0 Å². The van der Waals surface area contributed by atoms with Crippen molar-refractivity contribution in [3.63, 3.8) is 0 Å². The Balaban J connectivity index is 1.35. The van der Waals surface area contributed by atoms with Crippen LogP contribution >= 0.6 is 0 Å². The minimum atomic E-state index is -5.47. The molecular formula is C25H39F5O3. The molecule has 0 bridgehead atoms. The van der Waals surface area contributed by atoms with Crippen molar-refractivity contribution >= 4 is 5.97 Å². The maximum absolute atomic E-state index is 13.6. The van der Waals surface area contributed by atoms with Gasteiger partial charge in [-0.15, -0.1) is 0 Å². The quantitative estimate of drug-likeness (QED) is 0.205. The number of unbranched alkanes of at least 4 members (excludes halogenated alkanes) is 1. The molecule has 0 aromatic rings. The second kappa shape index (κ2) is 11.7. The summed E-state index contributed by atoms with van der Waals surface area (Å²) < 4.78 is 76.8.